The summed E-state index contributed by atoms with van der Waals surface area (Å²) in [5.41, 5.74) is 3.44. The van der Waals surface area contributed by atoms with Crippen molar-refractivity contribution in [3.63, 3.8) is 0 Å². The molecule has 0 atom stereocenters. The predicted octanol–water partition coefficient (Wildman–Crippen LogP) is 5.08. The summed E-state index contributed by atoms with van der Waals surface area (Å²) in [6, 6.07) is 24.1. The van der Waals surface area contributed by atoms with Gasteiger partial charge in [-0.25, -0.2) is 9.37 Å². The molecule has 1 amide bonds. The fourth-order valence-electron chi connectivity index (χ4n) is 4.44. The highest BCUT2D eigenvalue weighted by molar-refractivity contribution is 6.30. The van der Waals surface area contributed by atoms with Crippen LogP contribution in [0.3, 0.4) is 0 Å². The molecule has 1 aromatic heterocycles. The van der Waals surface area contributed by atoms with Gasteiger partial charge in [-0.2, -0.15) is 0 Å². The molecular formula is C28H27ClFN5O. The lowest BCUT2D eigenvalue weighted by molar-refractivity contribution is 0.0745. The summed E-state index contributed by atoms with van der Waals surface area (Å²) in [6.45, 7) is 3.04. The Kier molecular flexibility index (Phi) is 7.30. The summed E-state index contributed by atoms with van der Waals surface area (Å²) in [6.07, 6.45) is 0. The third-order valence-corrected chi connectivity index (χ3v) is 6.39. The van der Waals surface area contributed by atoms with E-state index in [4.69, 9.17) is 16.6 Å². The highest BCUT2D eigenvalue weighted by atomic mass is 35.5. The van der Waals surface area contributed by atoms with Gasteiger partial charge < -0.3 is 20.1 Å². The number of imidazole rings is 1. The minimum Gasteiger partial charge on any atom is -0.366 e. The van der Waals surface area contributed by atoms with E-state index in [1.165, 1.54) is 12.1 Å². The lowest BCUT2D eigenvalue weighted by atomic mass is 10.2. The molecule has 6 nitrogen and oxygen atoms in total. The third kappa shape index (κ3) is 5.58. The molecular weight excluding hydrogens is 477 g/mol. The number of amides is 1. The van der Waals surface area contributed by atoms with Crippen LogP contribution in [0.25, 0.3) is 0 Å². The van der Waals surface area contributed by atoms with Crippen molar-refractivity contribution in [2.75, 3.05) is 18.4 Å². The first-order chi connectivity index (χ1) is 17.6. The van der Waals surface area contributed by atoms with E-state index < -0.39 is 0 Å². The molecule has 0 bridgehead atoms. The van der Waals surface area contributed by atoms with E-state index in [9.17, 15) is 9.18 Å². The highest BCUT2D eigenvalue weighted by Gasteiger charge is 2.29. The molecule has 0 spiro atoms. The van der Waals surface area contributed by atoms with Gasteiger partial charge in [0.2, 0.25) is 0 Å². The molecule has 1 aliphatic heterocycles. The largest absolute Gasteiger partial charge is 0.366 e. The van der Waals surface area contributed by atoms with Crippen LogP contribution in [-0.4, -0.2) is 33.4 Å². The minimum absolute atomic E-state index is 0.0743. The summed E-state index contributed by atoms with van der Waals surface area (Å²) in [5, 5.41) is 7.35. The Morgan fingerprint density at radius 1 is 0.917 bits per heavy atom. The number of aromatic nitrogens is 2. The van der Waals surface area contributed by atoms with Gasteiger partial charge in [0.15, 0.2) is 11.5 Å². The van der Waals surface area contributed by atoms with E-state index in [1.807, 2.05) is 70.1 Å². The first-order valence-electron chi connectivity index (χ1n) is 11.9. The molecule has 184 valence electrons. The van der Waals surface area contributed by atoms with Crippen LogP contribution in [0.2, 0.25) is 5.02 Å². The van der Waals surface area contributed by atoms with Gasteiger partial charge in [0.05, 0.1) is 6.54 Å². The lowest BCUT2D eigenvalue weighted by Gasteiger charge is -2.22. The Bertz CT molecular complexity index is 1360. The third-order valence-electron chi connectivity index (χ3n) is 6.16. The smallest absolute Gasteiger partial charge is 0.274 e. The van der Waals surface area contributed by atoms with Crippen molar-refractivity contribution >= 4 is 23.3 Å². The van der Waals surface area contributed by atoms with Crippen molar-refractivity contribution in [1.82, 2.24) is 19.8 Å². The number of rotatable bonds is 8. The van der Waals surface area contributed by atoms with E-state index in [2.05, 4.69) is 10.6 Å². The van der Waals surface area contributed by atoms with Gasteiger partial charge >= 0.3 is 0 Å². The number of nitrogens with one attached hydrogen (secondary N) is 2. The zero-order valence-corrected chi connectivity index (χ0v) is 20.5. The van der Waals surface area contributed by atoms with E-state index in [0.717, 1.165) is 22.5 Å². The molecule has 0 fully saturated rings. The summed E-state index contributed by atoms with van der Waals surface area (Å²) >= 11 is 6.17. The van der Waals surface area contributed by atoms with Gasteiger partial charge in [0, 0.05) is 37.7 Å². The second-order valence-electron chi connectivity index (χ2n) is 8.81. The summed E-state index contributed by atoms with van der Waals surface area (Å²) in [4.78, 5) is 20.5. The minimum atomic E-state index is -0.263. The van der Waals surface area contributed by atoms with Crippen molar-refractivity contribution in [1.29, 1.82) is 0 Å². The molecule has 0 unspecified atom stereocenters. The molecule has 8 heteroatoms. The number of anilines is 1. The fraction of sp³-hybridized carbons (Fsp3) is 0.214. The number of carbonyl (C=O) groups excluding carboxylic acids is 1. The van der Waals surface area contributed by atoms with Gasteiger partial charge in [0.25, 0.3) is 5.91 Å². The second-order valence-corrected chi connectivity index (χ2v) is 9.25. The van der Waals surface area contributed by atoms with Crippen molar-refractivity contribution in [3.8, 4) is 0 Å². The maximum atomic E-state index is 13.8. The van der Waals surface area contributed by atoms with Crippen LogP contribution in [0.15, 0.2) is 78.9 Å². The summed E-state index contributed by atoms with van der Waals surface area (Å²) < 4.78 is 15.6. The highest BCUT2D eigenvalue weighted by Crippen LogP contribution is 2.25. The molecule has 0 radical (unpaired) electrons. The molecule has 5 rings (SSSR count). The molecule has 2 heterocycles. The number of benzene rings is 3. The number of halogens is 2. The number of hydrogen-bond donors (Lipinski definition) is 2. The molecule has 0 saturated heterocycles. The Hall–Kier alpha value is -3.68. The average molecular weight is 504 g/mol. The molecule has 36 heavy (non-hydrogen) atoms. The van der Waals surface area contributed by atoms with Crippen molar-refractivity contribution < 1.29 is 9.18 Å². The van der Waals surface area contributed by atoms with E-state index in [1.54, 1.807) is 6.07 Å². The van der Waals surface area contributed by atoms with Crippen molar-refractivity contribution in [3.05, 3.63) is 118 Å². The summed E-state index contributed by atoms with van der Waals surface area (Å²) in [5.74, 6) is 0.994. The maximum absolute atomic E-state index is 13.8. The lowest BCUT2D eigenvalue weighted by Crippen LogP contribution is -2.33. The average Bonchev–Trinajstić information content (AvgIpc) is 3.12. The van der Waals surface area contributed by atoms with Crippen LogP contribution >= 0.6 is 11.6 Å². The SMILES string of the molecule is O=C1c2c(nc(CNCc3cccc(F)c3)n2Cc2ccccc2)NCCN1Cc1cccc(Cl)c1. The van der Waals surface area contributed by atoms with E-state index in [-0.39, 0.29) is 11.7 Å². The van der Waals surface area contributed by atoms with Crippen LogP contribution in [-0.2, 0) is 26.2 Å². The van der Waals surface area contributed by atoms with Gasteiger partial charge in [-0.05, 0) is 41.0 Å². The van der Waals surface area contributed by atoms with E-state index >= 15 is 0 Å². The zero-order valence-electron chi connectivity index (χ0n) is 19.8. The normalized spacial score (nSPS) is 13.3. The first kappa shape index (κ1) is 24.0. The Balaban J connectivity index is 1.43. The Labute approximate surface area is 214 Å². The van der Waals surface area contributed by atoms with Crippen LogP contribution in [0, 0.1) is 5.82 Å². The van der Waals surface area contributed by atoms with Crippen LogP contribution in [0.4, 0.5) is 10.2 Å². The maximum Gasteiger partial charge on any atom is 0.274 e. The van der Waals surface area contributed by atoms with Crippen LogP contribution < -0.4 is 10.6 Å². The standard InChI is InChI=1S/C28H27ClFN5O/c29-23-10-4-9-22(14-23)18-34-13-12-32-27-26(28(34)36)35(19-20-6-2-1-3-7-20)25(33-27)17-31-16-21-8-5-11-24(30)15-21/h1-11,14-15,31-32H,12-13,16-19H2. The summed E-state index contributed by atoms with van der Waals surface area (Å²) in [7, 11) is 0. The number of nitrogens with zero attached hydrogens (tertiary/aromatic N) is 3. The quantitative estimate of drug-likeness (QED) is 0.352. The number of fused-ring (bicyclic) bond motifs is 1. The van der Waals surface area contributed by atoms with Gasteiger partial charge in [0.1, 0.15) is 11.6 Å². The monoisotopic (exact) mass is 503 g/mol. The number of hydrogen-bond acceptors (Lipinski definition) is 4. The van der Waals surface area contributed by atoms with E-state index in [0.29, 0.717) is 55.8 Å². The second kappa shape index (κ2) is 10.9. The zero-order chi connectivity index (χ0) is 24.9. The fourth-order valence-corrected chi connectivity index (χ4v) is 4.66. The predicted molar refractivity (Wildman–Crippen MR) is 139 cm³/mol. The van der Waals surface area contributed by atoms with Gasteiger partial charge in [-0.1, -0.05) is 66.2 Å². The number of carbonyl (C=O) groups is 1. The molecule has 1 aliphatic rings. The Morgan fingerprint density at radius 3 is 2.50 bits per heavy atom. The Morgan fingerprint density at radius 2 is 1.69 bits per heavy atom. The molecule has 4 aromatic rings. The first-order valence-corrected chi connectivity index (χ1v) is 12.3. The van der Waals surface area contributed by atoms with Gasteiger partial charge in [-0.3, -0.25) is 4.79 Å². The van der Waals surface area contributed by atoms with Crippen LogP contribution in [0.5, 0.6) is 0 Å². The molecule has 3 aromatic carbocycles. The topological polar surface area (TPSA) is 62.2 Å². The van der Waals surface area contributed by atoms with Crippen LogP contribution in [0.1, 0.15) is 33.0 Å². The van der Waals surface area contributed by atoms with Crippen molar-refractivity contribution in [2.24, 2.45) is 0 Å². The molecule has 2 N–H and O–H groups in total. The van der Waals surface area contributed by atoms with Gasteiger partial charge in [-0.15, -0.1) is 0 Å². The molecule has 0 aliphatic carbocycles. The molecule has 0 saturated carbocycles. The van der Waals surface area contributed by atoms with Crippen molar-refractivity contribution in [2.45, 2.75) is 26.2 Å².